The fourth-order valence-corrected chi connectivity index (χ4v) is 8.10. The van der Waals surface area contributed by atoms with E-state index in [0.717, 1.165) is 33.0 Å². The lowest BCUT2D eigenvalue weighted by Gasteiger charge is -2.42. The Labute approximate surface area is 248 Å². The van der Waals surface area contributed by atoms with Crippen molar-refractivity contribution >= 4 is 33.9 Å². The number of nitrogens with zero attached hydrogens (tertiary/aromatic N) is 2. The number of carbonyl (C=O) groups excluding carboxylic acids is 1. The second kappa shape index (κ2) is 8.79. The zero-order valence-corrected chi connectivity index (χ0v) is 24.6. The van der Waals surface area contributed by atoms with Gasteiger partial charge in [-0.05, 0) is 73.9 Å². The van der Waals surface area contributed by atoms with E-state index in [-0.39, 0.29) is 35.3 Å². The number of carbonyl (C=O) groups is 1. The zero-order valence-electron chi connectivity index (χ0n) is 23.9. The largest absolute Gasteiger partial charge is 0.472 e. The summed E-state index contributed by atoms with van der Waals surface area (Å²) in [6.45, 7) is 4.36. The van der Waals surface area contributed by atoms with Crippen molar-refractivity contribution in [1.82, 2.24) is 10.1 Å². The number of allylic oxidation sites excluding steroid dienone is 1. The van der Waals surface area contributed by atoms with E-state index < -0.39 is 5.60 Å². The highest BCUT2D eigenvalue weighted by Crippen LogP contribution is 2.66. The number of Topliss-reactive ketones (excluding diaryl/α,β-unsaturated/α-hetero) is 1. The number of ether oxygens (including phenoxy) is 2. The number of aromatic nitrogens is 1. The molecule has 0 amide bonds. The van der Waals surface area contributed by atoms with E-state index >= 15 is 0 Å². The van der Waals surface area contributed by atoms with Crippen LogP contribution in [0.2, 0.25) is 5.02 Å². The molecule has 3 aliphatic carbocycles. The molecule has 1 saturated heterocycles. The van der Waals surface area contributed by atoms with Gasteiger partial charge < -0.3 is 14.0 Å². The summed E-state index contributed by atoms with van der Waals surface area (Å²) in [6, 6.07) is 15.8. The van der Waals surface area contributed by atoms with Crippen LogP contribution >= 0.6 is 11.6 Å². The van der Waals surface area contributed by atoms with E-state index in [9.17, 15) is 10.2 Å². The van der Waals surface area contributed by atoms with Crippen molar-refractivity contribution in [3.8, 4) is 5.88 Å². The molecule has 1 spiro atoms. The minimum atomic E-state index is -0.998. The Kier molecular flexibility index (Phi) is 5.39. The maximum Gasteiger partial charge on any atom is 0.264 e. The second-order valence-corrected chi connectivity index (χ2v) is 12.7. The highest BCUT2D eigenvalue weighted by molar-refractivity contribution is 6.38. The van der Waals surface area contributed by atoms with Crippen molar-refractivity contribution in [1.29, 1.82) is 5.41 Å². The standard InChI is InChI=1S/C34H30ClN3O4/c1-16-10-11-20-21(12-16)17(2)24-22(27(20)35)13-19-14-23-28(38(3)4)30-26(31(36)34(23)32(41-34)25(19)29(24)39)33(37-42-30)40-15-18-8-6-5-7-9-18/h5-12,19,23,28,36H,13-15H2,1-4H3. The first kappa shape index (κ1) is 25.7. The van der Waals surface area contributed by atoms with Crippen LogP contribution in [0, 0.1) is 31.1 Å². The number of nitrogens with one attached hydrogen (secondary N) is 1. The van der Waals surface area contributed by atoms with Crippen molar-refractivity contribution in [3.05, 3.63) is 104 Å². The van der Waals surface area contributed by atoms with E-state index in [1.165, 1.54) is 0 Å². The van der Waals surface area contributed by atoms with Gasteiger partial charge >= 0.3 is 0 Å². The van der Waals surface area contributed by atoms with Crippen LogP contribution in [0.3, 0.4) is 0 Å². The molecule has 8 heteroatoms. The molecule has 42 heavy (non-hydrogen) atoms. The molecule has 2 heterocycles. The maximum atomic E-state index is 14.4. The van der Waals surface area contributed by atoms with Gasteiger partial charge in [-0.3, -0.25) is 15.1 Å². The van der Waals surface area contributed by atoms with Crippen LogP contribution in [-0.2, 0) is 17.8 Å². The third-order valence-corrected chi connectivity index (χ3v) is 10.1. The molecule has 8 rings (SSSR count). The molecule has 1 N–H and O–H groups in total. The number of hydrogen-bond donors (Lipinski definition) is 1. The average molecular weight is 580 g/mol. The summed E-state index contributed by atoms with van der Waals surface area (Å²) in [5.41, 5.74) is 5.15. The van der Waals surface area contributed by atoms with E-state index in [1.54, 1.807) is 0 Å². The monoisotopic (exact) mass is 579 g/mol. The van der Waals surface area contributed by atoms with Gasteiger partial charge in [-0.15, -0.1) is 0 Å². The minimum Gasteiger partial charge on any atom is -0.472 e. The summed E-state index contributed by atoms with van der Waals surface area (Å²) in [4.78, 5) is 16.5. The highest BCUT2D eigenvalue weighted by Gasteiger charge is 2.73. The molecule has 4 unspecified atom stereocenters. The second-order valence-electron chi connectivity index (χ2n) is 12.3. The van der Waals surface area contributed by atoms with Gasteiger partial charge in [-0.25, -0.2) is 0 Å². The maximum absolute atomic E-state index is 14.4. The number of halogens is 1. The van der Waals surface area contributed by atoms with Gasteiger partial charge in [0.05, 0.1) is 16.8 Å². The molecule has 1 aromatic heterocycles. The Morgan fingerprint density at radius 3 is 2.67 bits per heavy atom. The highest BCUT2D eigenvalue weighted by atomic mass is 35.5. The molecule has 212 valence electrons. The normalized spacial score (nSPS) is 25.4. The molecule has 0 saturated carbocycles. The lowest BCUT2D eigenvalue weighted by atomic mass is 9.61. The molecule has 1 fully saturated rings. The summed E-state index contributed by atoms with van der Waals surface area (Å²) in [5.74, 6) is 1.31. The topological polar surface area (TPSA) is 92.0 Å². The summed E-state index contributed by atoms with van der Waals surface area (Å²) in [5, 5.41) is 16.4. The number of ketones is 1. The van der Waals surface area contributed by atoms with E-state index in [2.05, 4.69) is 28.3 Å². The first-order chi connectivity index (χ1) is 20.2. The number of benzene rings is 3. The van der Waals surface area contributed by atoms with Crippen molar-refractivity contribution < 1.29 is 18.8 Å². The Balaban J connectivity index is 1.25. The van der Waals surface area contributed by atoms with Gasteiger partial charge in [0.1, 0.15) is 12.2 Å². The van der Waals surface area contributed by atoms with Crippen LogP contribution < -0.4 is 4.74 Å². The zero-order chi connectivity index (χ0) is 29.1. The van der Waals surface area contributed by atoms with Gasteiger partial charge in [0.2, 0.25) is 5.60 Å². The Bertz CT molecular complexity index is 1890. The van der Waals surface area contributed by atoms with Crippen molar-refractivity contribution in [3.63, 3.8) is 0 Å². The molecule has 0 bridgehead atoms. The summed E-state index contributed by atoms with van der Waals surface area (Å²) >= 11 is 7.03. The number of epoxide rings is 1. The number of fused-ring (bicyclic) bond motifs is 4. The molecule has 1 aliphatic heterocycles. The SMILES string of the molecule is Cc1ccc2c(Cl)c3c(c(C)c2c1)C(=O)C1=C2OC24C(=N)c2c(OCc5ccccc5)noc2C(N(C)C)C4CC1C3. The third kappa shape index (κ3) is 3.29. The minimum absolute atomic E-state index is 0.0275. The van der Waals surface area contributed by atoms with E-state index in [4.69, 9.17) is 25.6 Å². The van der Waals surface area contributed by atoms with Crippen LogP contribution in [-0.4, -0.2) is 41.2 Å². The fraction of sp³-hybridized carbons (Fsp3) is 0.324. The molecule has 4 aromatic rings. The molecule has 7 nitrogen and oxygen atoms in total. The van der Waals surface area contributed by atoms with Crippen LogP contribution in [0.5, 0.6) is 5.88 Å². The quantitative estimate of drug-likeness (QED) is 0.269. The summed E-state index contributed by atoms with van der Waals surface area (Å²) < 4.78 is 18.5. The van der Waals surface area contributed by atoms with Crippen molar-refractivity contribution in [2.24, 2.45) is 11.8 Å². The first-order valence-corrected chi connectivity index (χ1v) is 14.7. The summed E-state index contributed by atoms with van der Waals surface area (Å²) in [6.07, 6.45) is 1.32. The first-order valence-electron chi connectivity index (χ1n) is 14.3. The Morgan fingerprint density at radius 1 is 1.12 bits per heavy atom. The number of hydrogen-bond acceptors (Lipinski definition) is 7. The van der Waals surface area contributed by atoms with Crippen LogP contribution in [0.4, 0.5) is 0 Å². The van der Waals surface area contributed by atoms with E-state index in [0.29, 0.717) is 52.7 Å². The molecular formula is C34H30ClN3O4. The average Bonchev–Trinajstić information content (AvgIpc) is 3.60. The van der Waals surface area contributed by atoms with Crippen LogP contribution in [0.15, 0.2) is 64.4 Å². The lowest BCUT2D eigenvalue weighted by Crippen LogP contribution is -2.49. The van der Waals surface area contributed by atoms with Gasteiger partial charge in [-0.2, -0.15) is 0 Å². The predicted octanol–water partition coefficient (Wildman–Crippen LogP) is 6.76. The molecule has 3 aromatic carbocycles. The Hall–Kier alpha value is -3.94. The Morgan fingerprint density at radius 2 is 1.90 bits per heavy atom. The van der Waals surface area contributed by atoms with Crippen molar-refractivity contribution in [2.75, 3.05) is 14.1 Å². The molecule has 0 radical (unpaired) electrons. The fourth-order valence-electron chi connectivity index (χ4n) is 7.77. The van der Waals surface area contributed by atoms with Gasteiger partial charge in [0, 0.05) is 22.4 Å². The molecule has 4 aliphatic rings. The van der Waals surface area contributed by atoms with Crippen molar-refractivity contribution in [2.45, 2.75) is 44.9 Å². The number of aryl methyl sites for hydroxylation is 2. The van der Waals surface area contributed by atoms with Crippen LogP contribution in [0.1, 0.15) is 56.4 Å². The molecule has 4 atom stereocenters. The van der Waals surface area contributed by atoms with Gasteiger partial charge in [0.15, 0.2) is 17.3 Å². The smallest absolute Gasteiger partial charge is 0.264 e. The predicted molar refractivity (Wildman–Crippen MR) is 159 cm³/mol. The lowest BCUT2D eigenvalue weighted by molar-refractivity contribution is 0.0927. The van der Waals surface area contributed by atoms with Gasteiger partial charge in [0.25, 0.3) is 5.88 Å². The van der Waals surface area contributed by atoms with Crippen LogP contribution in [0.25, 0.3) is 10.8 Å². The van der Waals surface area contributed by atoms with Gasteiger partial charge in [-0.1, -0.05) is 65.7 Å². The number of rotatable bonds is 4. The van der Waals surface area contributed by atoms with E-state index in [1.807, 2.05) is 58.3 Å². The summed E-state index contributed by atoms with van der Waals surface area (Å²) in [7, 11) is 4.00. The molecular weight excluding hydrogens is 550 g/mol. The third-order valence-electron chi connectivity index (χ3n) is 9.68.